The van der Waals surface area contributed by atoms with E-state index in [-0.39, 0.29) is 18.2 Å². The summed E-state index contributed by atoms with van der Waals surface area (Å²) in [5.41, 5.74) is 0.350. The fourth-order valence-corrected chi connectivity index (χ4v) is 2.31. The maximum Gasteiger partial charge on any atom is 0.351 e. The van der Waals surface area contributed by atoms with E-state index in [1.165, 1.54) is 15.7 Å². The minimum atomic E-state index is -0.613. The molecule has 0 aromatic carbocycles. The number of aromatic nitrogens is 2. The summed E-state index contributed by atoms with van der Waals surface area (Å²) in [6.07, 6.45) is 1.22. The molecule has 1 unspecified atom stereocenters. The van der Waals surface area contributed by atoms with Crippen molar-refractivity contribution >= 4 is 22.1 Å². The monoisotopic (exact) mass is 255 g/mol. The van der Waals surface area contributed by atoms with Crippen LogP contribution in [0.3, 0.4) is 0 Å². The Kier molecular flexibility index (Phi) is 3.12. The highest BCUT2D eigenvalue weighted by atomic mass is 32.1. The first kappa shape index (κ1) is 12.0. The summed E-state index contributed by atoms with van der Waals surface area (Å²) in [5, 5.41) is 22.5. The van der Waals surface area contributed by atoms with Crippen molar-refractivity contribution in [3.63, 3.8) is 0 Å². The van der Waals surface area contributed by atoms with Crippen LogP contribution < -0.4 is 0 Å². The quantitative estimate of drug-likeness (QED) is 0.668. The molecule has 1 N–H and O–H groups in total. The summed E-state index contributed by atoms with van der Waals surface area (Å²) in [7, 11) is 0. The third-order valence-electron chi connectivity index (χ3n) is 2.65. The van der Waals surface area contributed by atoms with Crippen LogP contribution in [-0.2, 0) is 6.42 Å². The van der Waals surface area contributed by atoms with Gasteiger partial charge < -0.3 is 15.2 Å². The molecule has 6 nitrogen and oxygen atoms in total. The molecule has 0 aliphatic rings. The minimum absolute atomic E-state index is 0.0408. The number of thiazole rings is 1. The van der Waals surface area contributed by atoms with E-state index >= 15 is 0 Å². The van der Waals surface area contributed by atoms with Crippen LogP contribution in [0.15, 0.2) is 11.6 Å². The van der Waals surface area contributed by atoms with Gasteiger partial charge in [0.1, 0.15) is 11.9 Å². The van der Waals surface area contributed by atoms with Gasteiger partial charge in [0, 0.05) is 11.8 Å². The normalized spacial score (nSPS) is 13.4. The SMILES string of the molecule is CC(C)C(O)Cc1nc2sccn2c1[N+](=O)[O-]. The molecule has 1 atom stereocenters. The highest BCUT2D eigenvalue weighted by Crippen LogP contribution is 2.25. The lowest BCUT2D eigenvalue weighted by Crippen LogP contribution is -2.18. The Hall–Kier alpha value is -1.47. The van der Waals surface area contributed by atoms with E-state index in [2.05, 4.69) is 4.98 Å². The van der Waals surface area contributed by atoms with Crippen LogP contribution in [0.4, 0.5) is 5.82 Å². The molecule has 2 rings (SSSR count). The van der Waals surface area contributed by atoms with Gasteiger partial charge in [0.15, 0.2) is 0 Å². The fourth-order valence-electron chi connectivity index (χ4n) is 1.58. The Morgan fingerprint density at radius 2 is 2.35 bits per heavy atom. The average Bonchev–Trinajstić information content (AvgIpc) is 2.75. The van der Waals surface area contributed by atoms with Gasteiger partial charge in [-0.05, 0) is 10.8 Å². The van der Waals surface area contributed by atoms with E-state index < -0.39 is 11.0 Å². The molecule has 7 heteroatoms. The Labute approximate surface area is 102 Å². The van der Waals surface area contributed by atoms with E-state index in [0.29, 0.717) is 10.7 Å². The molecule has 0 aliphatic carbocycles. The fraction of sp³-hybridized carbons (Fsp3) is 0.500. The smallest absolute Gasteiger partial charge is 0.351 e. The number of aliphatic hydroxyl groups excluding tert-OH is 1. The summed E-state index contributed by atoms with van der Waals surface area (Å²) < 4.78 is 1.45. The van der Waals surface area contributed by atoms with Gasteiger partial charge in [-0.1, -0.05) is 25.2 Å². The number of imidazole rings is 1. The second-order valence-corrected chi connectivity index (χ2v) is 5.08. The number of rotatable bonds is 4. The van der Waals surface area contributed by atoms with Crippen LogP contribution in [0, 0.1) is 16.0 Å². The van der Waals surface area contributed by atoms with Crippen LogP contribution in [-0.4, -0.2) is 25.5 Å². The van der Waals surface area contributed by atoms with Gasteiger partial charge in [0.05, 0.1) is 6.10 Å². The van der Waals surface area contributed by atoms with Crippen LogP contribution in [0.5, 0.6) is 0 Å². The van der Waals surface area contributed by atoms with Crippen LogP contribution >= 0.6 is 11.3 Å². The lowest BCUT2D eigenvalue weighted by atomic mass is 10.0. The molecule has 2 heterocycles. The molecule has 0 saturated carbocycles. The maximum atomic E-state index is 11.0. The zero-order valence-corrected chi connectivity index (χ0v) is 10.3. The topological polar surface area (TPSA) is 80.7 Å². The molecule has 0 saturated heterocycles. The predicted octanol–water partition coefficient (Wildman–Crippen LogP) is 1.86. The van der Waals surface area contributed by atoms with Crippen molar-refractivity contribution in [1.82, 2.24) is 9.38 Å². The summed E-state index contributed by atoms with van der Waals surface area (Å²) in [5.74, 6) is 0.00953. The third-order valence-corrected chi connectivity index (χ3v) is 3.41. The molecule has 0 bridgehead atoms. The minimum Gasteiger partial charge on any atom is -0.392 e. The van der Waals surface area contributed by atoms with Gasteiger partial charge in [-0.3, -0.25) is 0 Å². The molecular weight excluding hydrogens is 242 g/mol. The number of hydrogen-bond donors (Lipinski definition) is 1. The zero-order valence-electron chi connectivity index (χ0n) is 9.53. The number of nitro groups is 1. The van der Waals surface area contributed by atoms with Gasteiger partial charge in [0.2, 0.25) is 0 Å². The second-order valence-electron chi connectivity index (χ2n) is 4.21. The van der Waals surface area contributed by atoms with E-state index in [1.54, 1.807) is 11.6 Å². The van der Waals surface area contributed by atoms with Gasteiger partial charge in [-0.2, -0.15) is 9.38 Å². The van der Waals surface area contributed by atoms with Crippen LogP contribution in [0.25, 0.3) is 4.96 Å². The Balaban J connectivity index is 2.42. The lowest BCUT2D eigenvalue weighted by molar-refractivity contribution is -0.391. The van der Waals surface area contributed by atoms with Crippen LogP contribution in [0.2, 0.25) is 0 Å². The number of fused-ring (bicyclic) bond motifs is 1. The molecule has 0 radical (unpaired) electrons. The Morgan fingerprint density at radius 3 is 2.94 bits per heavy atom. The van der Waals surface area contributed by atoms with Crippen molar-refractivity contribution in [1.29, 1.82) is 0 Å². The molecule has 0 aliphatic heterocycles. The highest BCUT2D eigenvalue weighted by molar-refractivity contribution is 7.15. The summed E-state index contributed by atoms with van der Waals surface area (Å²) in [4.78, 5) is 15.3. The average molecular weight is 255 g/mol. The predicted molar refractivity (Wildman–Crippen MR) is 64.3 cm³/mol. The standard InChI is InChI=1S/C10H13N3O3S/c1-6(2)8(14)5-7-9(13(15)16)12-3-4-17-10(12)11-7/h3-4,6,8,14H,5H2,1-2H3. The summed E-state index contributed by atoms with van der Waals surface area (Å²) in [6.45, 7) is 3.74. The molecular formula is C10H13N3O3S. The number of nitrogens with zero attached hydrogens (tertiary/aromatic N) is 3. The van der Waals surface area contributed by atoms with E-state index in [0.717, 1.165) is 0 Å². The van der Waals surface area contributed by atoms with E-state index in [1.807, 2.05) is 13.8 Å². The lowest BCUT2D eigenvalue weighted by Gasteiger charge is -2.12. The van der Waals surface area contributed by atoms with Crippen LogP contribution in [0.1, 0.15) is 19.5 Å². The molecule has 17 heavy (non-hydrogen) atoms. The number of aliphatic hydroxyl groups is 1. The molecule has 0 spiro atoms. The first-order valence-corrected chi connectivity index (χ1v) is 6.15. The molecule has 92 valence electrons. The van der Waals surface area contributed by atoms with Crippen molar-refractivity contribution < 1.29 is 10.0 Å². The molecule has 0 amide bonds. The van der Waals surface area contributed by atoms with Crippen molar-refractivity contribution in [2.45, 2.75) is 26.4 Å². The van der Waals surface area contributed by atoms with Gasteiger partial charge in [0.25, 0.3) is 4.96 Å². The number of hydrogen-bond acceptors (Lipinski definition) is 5. The summed E-state index contributed by atoms with van der Waals surface area (Å²) in [6, 6.07) is 0. The largest absolute Gasteiger partial charge is 0.392 e. The first-order chi connectivity index (χ1) is 8.00. The molecule has 2 aromatic heterocycles. The molecule has 0 fully saturated rings. The van der Waals surface area contributed by atoms with Crippen molar-refractivity contribution in [3.8, 4) is 0 Å². The van der Waals surface area contributed by atoms with Gasteiger partial charge >= 0.3 is 5.82 Å². The van der Waals surface area contributed by atoms with Gasteiger partial charge in [-0.25, -0.2) is 0 Å². The second kappa shape index (κ2) is 4.42. The highest BCUT2D eigenvalue weighted by Gasteiger charge is 2.25. The summed E-state index contributed by atoms with van der Waals surface area (Å²) >= 11 is 1.34. The molecule has 2 aromatic rings. The van der Waals surface area contributed by atoms with Crippen molar-refractivity contribution in [2.24, 2.45) is 5.92 Å². The zero-order chi connectivity index (χ0) is 12.6. The first-order valence-electron chi connectivity index (χ1n) is 5.27. The van der Waals surface area contributed by atoms with Crippen molar-refractivity contribution in [2.75, 3.05) is 0 Å². The maximum absolute atomic E-state index is 11.0. The van der Waals surface area contributed by atoms with E-state index in [4.69, 9.17) is 0 Å². The van der Waals surface area contributed by atoms with E-state index in [9.17, 15) is 15.2 Å². The van der Waals surface area contributed by atoms with Crippen molar-refractivity contribution in [3.05, 3.63) is 27.4 Å². The third kappa shape index (κ3) is 2.16. The Bertz CT molecular complexity index is 546. The van der Waals surface area contributed by atoms with Gasteiger partial charge in [-0.15, -0.1) is 0 Å². The Morgan fingerprint density at radius 1 is 1.65 bits per heavy atom.